The van der Waals surface area contributed by atoms with Gasteiger partial charge in [0.2, 0.25) is 11.8 Å². The molecule has 174 valence electrons. The summed E-state index contributed by atoms with van der Waals surface area (Å²) in [4.78, 5) is 31.6. The summed E-state index contributed by atoms with van der Waals surface area (Å²) in [5, 5.41) is 8.94. The number of morpholine rings is 1. The molecule has 1 aromatic carbocycles. The number of hydrogen-bond donors (Lipinski definition) is 2. The minimum Gasteiger partial charge on any atom is -0.367 e. The molecule has 2 N–H and O–H groups in total. The van der Waals surface area contributed by atoms with Crippen molar-refractivity contribution in [2.45, 2.75) is 46.1 Å². The molecule has 2 aliphatic rings. The van der Waals surface area contributed by atoms with Gasteiger partial charge in [0.15, 0.2) is 0 Å². The van der Waals surface area contributed by atoms with Crippen molar-refractivity contribution in [2.75, 3.05) is 31.6 Å². The number of aromatic amines is 2. The molecule has 1 saturated heterocycles. The predicted molar refractivity (Wildman–Crippen MR) is 127 cm³/mol. The van der Waals surface area contributed by atoms with Crippen molar-refractivity contribution in [3.05, 3.63) is 35.5 Å². The maximum absolute atomic E-state index is 12.9. The van der Waals surface area contributed by atoms with Crippen LogP contribution in [0.1, 0.15) is 38.4 Å². The lowest BCUT2D eigenvalue weighted by Gasteiger charge is -2.31. The minimum atomic E-state index is -0.148. The molecule has 5 rings (SSSR count). The van der Waals surface area contributed by atoms with Gasteiger partial charge < -0.3 is 19.5 Å². The Morgan fingerprint density at radius 3 is 2.97 bits per heavy atom. The Bertz CT molecular complexity index is 1220. The van der Waals surface area contributed by atoms with Gasteiger partial charge in [0, 0.05) is 41.4 Å². The van der Waals surface area contributed by atoms with Crippen LogP contribution in [-0.4, -0.2) is 64.7 Å². The zero-order valence-electron chi connectivity index (χ0n) is 19.7. The molecule has 8 heteroatoms. The highest BCUT2D eigenvalue weighted by molar-refractivity contribution is 5.98. The van der Waals surface area contributed by atoms with Crippen LogP contribution in [0.5, 0.6) is 0 Å². The van der Waals surface area contributed by atoms with Crippen molar-refractivity contribution in [3.8, 4) is 11.4 Å². The summed E-state index contributed by atoms with van der Waals surface area (Å²) in [6.45, 7) is 7.02. The third-order valence-corrected chi connectivity index (χ3v) is 6.93. The zero-order valence-corrected chi connectivity index (χ0v) is 19.7. The average Bonchev–Trinajstić information content (AvgIpc) is 3.37. The number of nitrogens with zero attached hydrogens (tertiary/aromatic N) is 3. The minimum absolute atomic E-state index is 0.0315. The van der Waals surface area contributed by atoms with Gasteiger partial charge in [-0.1, -0.05) is 19.9 Å². The number of aromatic nitrogens is 3. The van der Waals surface area contributed by atoms with Gasteiger partial charge in [-0.15, -0.1) is 0 Å². The molecule has 2 aromatic heterocycles. The highest BCUT2D eigenvalue weighted by atomic mass is 16.5. The molecule has 33 heavy (non-hydrogen) atoms. The van der Waals surface area contributed by atoms with Gasteiger partial charge in [0.05, 0.1) is 11.8 Å². The van der Waals surface area contributed by atoms with E-state index in [1.807, 2.05) is 25.1 Å². The van der Waals surface area contributed by atoms with E-state index in [9.17, 15) is 9.59 Å². The van der Waals surface area contributed by atoms with Gasteiger partial charge in [-0.3, -0.25) is 14.7 Å². The first-order chi connectivity index (χ1) is 15.7. The van der Waals surface area contributed by atoms with Crippen LogP contribution in [0.4, 0.5) is 5.69 Å². The molecule has 0 saturated carbocycles. The highest BCUT2D eigenvalue weighted by Crippen LogP contribution is 2.38. The second kappa shape index (κ2) is 8.02. The molecular formula is C25H31N5O3. The van der Waals surface area contributed by atoms with Crippen molar-refractivity contribution < 1.29 is 14.3 Å². The third-order valence-electron chi connectivity index (χ3n) is 6.93. The second-order valence-electron chi connectivity index (χ2n) is 10.2. The number of ether oxygens (including phenoxy) is 1. The van der Waals surface area contributed by atoms with E-state index in [0.29, 0.717) is 12.0 Å². The third kappa shape index (κ3) is 4.15. The van der Waals surface area contributed by atoms with E-state index in [1.165, 1.54) is 11.3 Å². The fourth-order valence-corrected chi connectivity index (χ4v) is 4.86. The van der Waals surface area contributed by atoms with Gasteiger partial charge in [0.25, 0.3) is 0 Å². The van der Waals surface area contributed by atoms with Gasteiger partial charge in [-0.05, 0) is 49.8 Å². The number of carbonyl (C=O) groups is 2. The summed E-state index contributed by atoms with van der Waals surface area (Å²) in [6, 6.07) is 8.04. The number of likely N-dealkylation sites (N-methyl/N-ethyl adjacent to an activating group) is 1. The standard InChI is InChI=1S/C25H31N5O3/c1-15-12-30(23(32)14-33-15)13-22(31)29(4)17-6-5-16-9-20(26-19(16)10-17)24-18-7-8-25(2,3)11-21(18)27-28-24/h5-6,9-10,15,26H,7-8,11-14H2,1-4H3,(H,27,28)/t15-/m1/s1. The Kier molecular flexibility index (Phi) is 5.28. The fraction of sp³-hybridized carbons (Fsp3) is 0.480. The number of amides is 2. The maximum atomic E-state index is 12.9. The summed E-state index contributed by atoms with van der Waals surface area (Å²) in [5.74, 6) is -0.280. The molecule has 8 nitrogen and oxygen atoms in total. The molecule has 1 aliphatic heterocycles. The molecule has 0 bridgehead atoms. The molecule has 0 spiro atoms. The first kappa shape index (κ1) is 21.7. The molecule has 3 aromatic rings. The van der Waals surface area contributed by atoms with E-state index in [-0.39, 0.29) is 31.1 Å². The van der Waals surface area contributed by atoms with Crippen molar-refractivity contribution in [3.63, 3.8) is 0 Å². The lowest BCUT2D eigenvalue weighted by Crippen LogP contribution is -2.49. The van der Waals surface area contributed by atoms with Crippen LogP contribution in [0.25, 0.3) is 22.3 Å². The monoisotopic (exact) mass is 449 g/mol. The van der Waals surface area contributed by atoms with Crippen molar-refractivity contribution in [1.82, 2.24) is 20.1 Å². The van der Waals surface area contributed by atoms with E-state index < -0.39 is 0 Å². The molecule has 3 heterocycles. The first-order valence-corrected chi connectivity index (χ1v) is 11.6. The van der Waals surface area contributed by atoms with E-state index in [2.05, 4.69) is 35.1 Å². The van der Waals surface area contributed by atoms with Crippen LogP contribution >= 0.6 is 0 Å². The van der Waals surface area contributed by atoms with Crippen molar-refractivity contribution in [1.29, 1.82) is 0 Å². The molecular weight excluding hydrogens is 418 g/mol. The Morgan fingerprint density at radius 2 is 2.15 bits per heavy atom. The summed E-state index contributed by atoms with van der Waals surface area (Å²) in [5.41, 5.74) is 6.54. The average molecular weight is 450 g/mol. The zero-order chi connectivity index (χ0) is 23.3. The molecule has 0 unspecified atom stereocenters. The fourth-order valence-electron chi connectivity index (χ4n) is 4.86. The highest BCUT2D eigenvalue weighted by Gasteiger charge is 2.30. The Morgan fingerprint density at radius 1 is 1.33 bits per heavy atom. The van der Waals surface area contributed by atoms with E-state index in [1.54, 1.807) is 16.8 Å². The van der Waals surface area contributed by atoms with E-state index in [0.717, 1.165) is 47.2 Å². The SMILES string of the molecule is C[C@@H]1CN(CC(=O)N(C)c2ccc3cc(-c4n[nH]c5c4CCC(C)(C)C5)[nH]c3c2)C(=O)CO1. The number of anilines is 1. The van der Waals surface area contributed by atoms with Gasteiger partial charge in [-0.25, -0.2) is 0 Å². The summed E-state index contributed by atoms with van der Waals surface area (Å²) < 4.78 is 5.35. The molecule has 1 atom stereocenters. The number of nitrogens with one attached hydrogen (secondary N) is 2. The normalized spacial score (nSPS) is 20.2. The van der Waals surface area contributed by atoms with Crippen LogP contribution < -0.4 is 4.90 Å². The van der Waals surface area contributed by atoms with Crippen LogP contribution in [0.15, 0.2) is 24.3 Å². The second-order valence-corrected chi connectivity index (χ2v) is 10.2. The van der Waals surface area contributed by atoms with E-state index in [4.69, 9.17) is 4.74 Å². The topological polar surface area (TPSA) is 94.3 Å². The van der Waals surface area contributed by atoms with Gasteiger partial charge >= 0.3 is 0 Å². The lowest BCUT2D eigenvalue weighted by molar-refractivity contribution is -0.150. The summed E-state index contributed by atoms with van der Waals surface area (Å²) in [6.07, 6.45) is 3.12. The predicted octanol–water partition coefficient (Wildman–Crippen LogP) is 3.28. The summed E-state index contributed by atoms with van der Waals surface area (Å²) in [7, 11) is 1.74. The van der Waals surface area contributed by atoms with Crippen LogP contribution in [-0.2, 0) is 27.2 Å². The maximum Gasteiger partial charge on any atom is 0.249 e. The molecule has 2 amide bonds. The number of benzene rings is 1. The lowest BCUT2D eigenvalue weighted by atomic mass is 9.76. The molecule has 1 fully saturated rings. The molecule has 1 aliphatic carbocycles. The Labute approximate surface area is 193 Å². The van der Waals surface area contributed by atoms with Gasteiger partial charge in [-0.2, -0.15) is 5.10 Å². The smallest absolute Gasteiger partial charge is 0.249 e. The van der Waals surface area contributed by atoms with Crippen LogP contribution in [0.3, 0.4) is 0 Å². The van der Waals surface area contributed by atoms with Crippen molar-refractivity contribution in [2.24, 2.45) is 5.41 Å². The quantitative estimate of drug-likeness (QED) is 0.639. The van der Waals surface area contributed by atoms with Crippen molar-refractivity contribution >= 4 is 28.4 Å². The number of carbonyl (C=O) groups excluding carboxylic acids is 2. The number of H-pyrrole nitrogens is 2. The first-order valence-electron chi connectivity index (χ1n) is 11.6. The van der Waals surface area contributed by atoms with Crippen LogP contribution in [0.2, 0.25) is 0 Å². The Hall–Kier alpha value is -3.13. The number of hydrogen-bond acceptors (Lipinski definition) is 4. The number of rotatable bonds is 4. The molecule has 0 radical (unpaired) electrons. The van der Waals surface area contributed by atoms with Crippen LogP contribution in [0, 0.1) is 5.41 Å². The van der Waals surface area contributed by atoms with E-state index >= 15 is 0 Å². The largest absolute Gasteiger partial charge is 0.367 e. The van der Waals surface area contributed by atoms with Gasteiger partial charge in [0.1, 0.15) is 18.8 Å². The Balaban J connectivity index is 1.36. The number of fused-ring (bicyclic) bond motifs is 2. The summed E-state index contributed by atoms with van der Waals surface area (Å²) >= 11 is 0.